The number of aromatic nitrogens is 2. The minimum atomic E-state index is -0.443. The van der Waals surface area contributed by atoms with Crippen LogP contribution in [-0.2, 0) is 0 Å². The van der Waals surface area contributed by atoms with E-state index in [2.05, 4.69) is 32.2 Å². The zero-order chi connectivity index (χ0) is 20.5. The third-order valence-electron chi connectivity index (χ3n) is 4.82. The van der Waals surface area contributed by atoms with Crippen LogP contribution in [-0.4, -0.2) is 24.4 Å². The summed E-state index contributed by atoms with van der Waals surface area (Å²) < 4.78 is 17.5. The topological polar surface area (TPSA) is 106 Å². The average molecular weight is 453 g/mol. The maximum absolute atomic E-state index is 9.80. The van der Waals surface area contributed by atoms with Crippen LogP contribution in [0.3, 0.4) is 0 Å². The summed E-state index contributed by atoms with van der Waals surface area (Å²) in [5.41, 5.74) is 9.38. The molecule has 0 aliphatic carbocycles. The first-order valence-corrected chi connectivity index (χ1v) is 9.50. The summed E-state index contributed by atoms with van der Waals surface area (Å²) >= 11 is 3.45. The van der Waals surface area contributed by atoms with E-state index < -0.39 is 5.92 Å². The van der Waals surface area contributed by atoms with E-state index in [0.29, 0.717) is 34.2 Å². The molecular weight excluding hydrogens is 436 g/mol. The minimum absolute atomic E-state index is 0.0450. The van der Waals surface area contributed by atoms with E-state index in [0.717, 1.165) is 15.6 Å². The number of hydrogen-bond donors (Lipinski definition) is 2. The molecule has 0 spiro atoms. The molecule has 1 aliphatic rings. The fraction of sp³-hybridized carbons (Fsp3) is 0.143. The fourth-order valence-electron chi connectivity index (χ4n) is 3.45. The van der Waals surface area contributed by atoms with Crippen LogP contribution in [0.4, 0.5) is 0 Å². The zero-order valence-corrected chi connectivity index (χ0v) is 17.3. The highest BCUT2D eigenvalue weighted by Gasteiger charge is 2.36. The summed E-state index contributed by atoms with van der Waals surface area (Å²) in [5, 5.41) is 17.1. The number of fused-ring (bicyclic) bond motifs is 1. The van der Waals surface area contributed by atoms with Crippen LogP contribution >= 0.6 is 15.9 Å². The summed E-state index contributed by atoms with van der Waals surface area (Å²) in [6.07, 6.45) is 0. The smallest absolute Gasteiger partial charge is 0.244 e. The second kappa shape index (κ2) is 7.53. The average Bonchev–Trinajstić information content (AvgIpc) is 3.16. The molecule has 146 valence electrons. The number of H-pyrrole nitrogens is 1. The van der Waals surface area contributed by atoms with Gasteiger partial charge in [0.15, 0.2) is 0 Å². The van der Waals surface area contributed by atoms with Crippen molar-refractivity contribution in [3.63, 3.8) is 0 Å². The van der Waals surface area contributed by atoms with E-state index in [1.807, 2.05) is 42.5 Å². The van der Waals surface area contributed by atoms with Gasteiger partial charge in [-0.05, 0) is 35.9 Å². The molecule has 0 saturated heterocycles. The van der Waals surface area contributed by atoms with Crippen molar-refractivity contribution in [2.24, 2.45) is 5.73 Å². The Morgan fingerprint density at radius 2 is 1.93 bits per heavy atom. The van der Waals surface area contributed by atoms with Gasteiger partial charge in [0.25, 0.3) is 0 Å². The predicted octanol–water partition coefficient (Wildman–Crippen LogP) is 4.07. The first kappa shape index (κ1) is 18.9. The summed E-state index contributed by atoms with van der Waals surface area (Å²) in [7, 11) is 3.19. The van der Waals surface area contributed by atoms with Gasteiger partial charge in [-0.1, -0.05) is 28.1 Å². The Morgan fingerprint density at radius 3 is 2.59 bits per heavy atom. The van der Waals surface area contributed by atoms with E-state index in [1.54, 1.807) is 14.2 Å². The van der Waals surface area contributed by atoms with Crippen molar-refractivity contribution in [1.82, 2.24) is 10.2 Å². The van der Waals surface area contributed by atoms with Gasteiger partial charge in [-0.2, -0.15) is 5.26 Å². The molecule has 2 aromatic carbocycles. The lowest BCUT2D eigenvalue weighted by atomic mass is 9.83. The molecule has 0 bridgehead atoms. The van der Waals surface area contributed by atoms with Crippen molar-refractivity contribution in [1.29, 1.82) is 5.26 Å². The molecule has 1 unspecified atom stereocenters. The normalized spacial score (nSPS) is 15.3. The molecule has 0 amide bonds. The molecule has 1 aromatic heterocycles. The Labute approximate surface area is 175 Å². The first-order valence-electron chi connectivity index (χ1n) is 8.71. The number of methoxy groups -OCH3 is 2. The van der Waals surface area contributed by atoms with Crippen molar-refractivity contribution in [3.05, 3.63) is 69.5 Å². The standard InChI is InChI=1S/C21H17BrN4O3/c1-27-13-7-8-16(28-2)14(9-13)19-18-17(11-3-5-12(22)6-4-11)15(10-23)20(24)29-21(18)26-25-19/h3-9,17H,24H2,1-2H3,(H,25,26). The van der Waals surface area contributed by atoms with E-state index in [-0.39, 0.29) is 5.88 Å². The summed E-state index contributed by atoms with van der Waals surface area (Å²) in [4.78, 5) is 0. The van der Waals surface area contributed by atoms with Gasteiger partial charge >= 0.3 is 0 Å². The third-order valence-corrected chi connectivity index (χ3v) is 5.35. The SMILES string of the molecule is COc1ccc(OC)c(-c2[nH]nc3c2C(c2ccc(Br)cc2)C(C#N)=C(N)O3)c1. The summed E-state index contributed by atoms with van der Waals surface area (Å²) in [5.74, 6) is 1.23. The quantitative estimate of drug-likeness (QED) is 0.617. The highest BCUT2D eigenvalue weighted by Crippen LogP contribution is 2.47. The highest BCUT2D eigenvalue weighted by atomic mass is 79.9. The second-order valence-electron chi connectivity index (χ2n) is 6.36. The van der Waals surface area contributed by atoms with Crippen LogP contribution in [0.2, 0.25) is 0 Å². The number of benzene rings is 2. The lowest BCUT2D eigenvalue weighted by Gasteiger charge is -2.24. The van der Waals surface area contributed by atoms with Gasteiger partial charge in [-0.3, -0.25) is 5.10 Å². The number of aromatic amines is 1. The Morgan fingerprint density at radius 1 is 1.17 bits per heavy atom. The molecular formula is C21H17BrN4O3. The zero-order valence-electron chi connectivity index (χ0n) is 15.7. The molecule has 3 N–H and O–H groups in total. The van der Waals surface area contributed by atoms with Gasteiger partial charge in [-0.15, -0.1) is 5.10 Å². The maximum Gasteiger partial charge on any atom is 0.244 e. The van der Waals surface area contributed by atoms with Gasteiger partial charge in [0.05, 0.1) is 31.4 Å². The van der Waals surface area contributed by atoms with Crippen LogP contribution in [0.15, 0.2) is 58.4 Å². The number of rotatable bonds is 4. The summed E-state index contributed by atoms with van der Waals surface area (Å²) in [6.45, 7) is 0. The molecule has 7 nitrogen and oxygen atoms in total. The number of halogens is 1. The second-order valence-corrected chi connectivity index (χ2v) is 7.28. The van der Waals surface area contributed by atoms with Crippen LogP contribution in [0, 0.1) is 11.3 Å². The predicted molar refractivity (Wildman–Crippen MR) is 111 cm³/mol. The Balaban J connectivity index is 1.97. The molecule has 0 radical (unpaired) electrons. The number of nitrogens with two attached hydrogens (primary N) is 1. The van der Waals surface area contributed by atoms with Gasteiger partial charge in [0.1, 0.15) is 23.1 Å². The van der Waals surface area contributed by atoms with Crippen molar-refractivity contribution in [3.8, 4) is 34.7 Å². The molecule has 0 saturated carbocycles. The molecule has 1 aliphatic heterocycles. The van der Waals surface area contributed by atoms with Gasteiger partial charge < -0.3 is 19.9 Å². The number of nitrogens with one attached hydrogen (secondary N) is 1. The van der Waals surface area contributed by atoms with Crippen molar-refractivity contribution < 1.29 is 14.2 Å². The number of nitrogens with zero attached hydrogens (tertiary/aromatic N) is 2. The molecule has 2 heterocycles. The molecule has 29 heavy (non-hydrogen) atoms. The maximum atomic E-state index is 9.80. The monoisotopic (exact) mass is 452 g/mol. The van der Waals surface area contributed by atoms with Crippen molar-refractivity contribution in [2.75, 3.05) is 14.2 Å². The van der Waals surface area contributed by atoms with Gasteiger partial charge in [-0.25, -0.2) is 0 Å². The van der Waals surface area contributed by atoms with Crippen LogP contribution in [0.1, 0.15) is 17.0 Å². The van der Waals surface area contributed by atoms with Crippen LogP contribution < -0.4 is 19.9 Å². The molecule has 8 heteroatoms. The van der Waals surface area contributed by atoms with E-state index in [9.17, 15) is 5.26 Å². The van der Waals surface area contributed by atoms with E-state index >= 15 is 0 Å². The highest BCUT2D eigenvalue weighted by molar-refractivity contribution is 9.10. The fourth-order valence-corrected chi connectivity index (χ4v) is 3.71. The Bertz CT molecular complexity index is 1150. The molecule has 1 atom stereocenters. The molecule has 0 fully saturated rings. The lowest BCUT2D eigenvalue weighted by molar-refractivity contribution is 0.379. The number of allylic oxidation sites excluding steroid dienone is 1. The number of hydrogen-bond acceptors (Lipinski definition) is 6. The third kappa shape index (κ3) is 3.19. The van der Waals surface area contributed by atoms with Crippen molar-refractivity contribution in [2.45, 2.75) is 5.92 Å². The number of nitriles is 1. The number of ether oxygens (including phenoxy) is 3. The lowest BCUT2D eigenvalue weighted by Crippen LogP contribution is -2.21. The van der Waals surface area contributed by atoms with Gasteiger partial charge in [0, 0.05) is 10.0 Å². The van der Waals surface area contributed by atoms with E-state index in [4.69, 9.17) is 19.9 Å². The Kier molecular flexibility index (Phi) is 4.91. The van der Waals surface area contributed by atoms with Crippen LogP contribution in [0.5, 0.6) is 17.4 Å². The van der Waals surface area contributed by atoms with E-state index in [1.165, 1.54) is 0 Å². The van der Waals surface area contributed by atoms with Crippen LogP contribution in [0.25, 0.3) is 11.3 Å². The largest absolute Gasteiger partial charge is 0.497 e. The summed E-state index contributed by atoms with van der Waals surface area (Å²) in [6, 6.07) is 15.4. The molecule has 4 rings (SSSR count). The Hall–Kier alpha value is -3.44. The molecule has 3 aromatic rings. The first-order chi connectivity index (χ1) is 14.1. The van der Waals surface area contributed by atoms with Gasteiger partial charge in [0.2, 0.25) is 11.8 Å². The van der Waals surface area contributed by atoms with Crippen molar-refractivity contribution >= 4 is 15.9 Å². The minimum Gasteiger partial charge on any atom is -0.497 e.